The van der Waals surface area contributed by atoms with E-state index in [1.54, 1.807) is 24.3 Å². The van der Waals surface area contributed by atoms with Crippen LogP contribution in [0, 0.1) is 5.82 Å². The van der Waals surface area contributed by atoms with E-state index in [1.165, 1.54) is 25.3 Å². The number of carbonyl (C=O) groups excluding carboxylic acids is 1. The van der Waals surface area contributed by atoms with Gasteiger partial charge < -0.3 is 15.2 Å². The summed E-state index contributed by atoms with van der Waals surface area (Å²) in [5, 5.41) is 0. The van der Waals surface area contributed by atoms with Gasteiger partial charge in [0.2, 0.25) is 0 Å². The maximum absolute atomic E-state index is 13.2. The minimum absolute atomic E-state index is 0.0746. The van der Waals surface area contributed by atoms with Crippen LogP contribution in [0.25, 0.3) is 0 Å². The third kappa shape index (κ3) is 3.06. The van der Waals surface area contributed by atoms with Crippen molar-refractivity contribution in [3.05, 3.63) is 59.4 Å². The van der Waals surface area contributed by atoms with Crippen LogP contribution in [0.5, 0.6) is 11.5 Å². The van der Waals surface area contributed by atoms with E-state index in [1.807, 2.05) is 0 Å². The predicted octanol–water partition coefficient (Wildman–Crippen LogP) is 2.51. The summed E-state index contributed by atoms with van der Waals surface area (Å²) < 4.78 is 23.9. The van der Waals surface area contributed by atoms with Crippen LogP contribution < -0.4 is 15.2 Å². The van der Waals surface area contributed by atoms with E-state index in [0.717, 1.165) is 0 Å². The van der Waals surface area contributed by atoms with E-state index in [-0.39, 0.29) is 18.0 Å². The molecule has 0 atom stereocenters. The summed E-state index contributed by atoms with van der Waals surface area (Å²) in [5.41, 5.74) is 6.09. The van der Waals surface area contributed by atoms with Crippen molar-refractivity contribution in [2.45, 2.75) is 6.61 Å². The Balaban J connectivity index is 2.21. The van der Waals surface area contributed by atoms with Gasteiger partial charge in [0.15, 0.2) is 0 Å². The Labute approximate surface area is 115 Å². The smallest absolute Gasteiger partial charge is 0.252 e. The molecule has 0 bridgehead atoms. The zero-order valence-corrected chi connectivity index (χ0v) is 10.9. The summed E-state index contributed by atoms with van der Waals surface area (Å²) in [5.74, 6) is -0.0892. The minimum Gasteiger partial charge on any atom is -0.496 e. The molecule has 5 heteroatoms. The van der Waals surface area contributed by atoms with Crippen LogP contribution in [0.3, 0.4) is 0 Å². The van der Waals surface area contributed by atoms with Crippen LogP contribution in [0.1, 0.15) is 15.9 Å². The first-order valence-electron chi connectivity index (χ1n) is 5.96. The van der Waals surface area contributed by atoms with E-state index < -0.39 is 5.91 Å². The van der Waals surface area contributed by atoms with Crippen LogP contribution in [-0.2, 0) is 6.61 Å². The molecule has 0 saturated heterocycles. The monoisotopic (exact) mass is 275 g/mol. The van der Waals surface area contributed by atoms with Crippen LogP contribution in [0.15, 0.2) is 42.5 Å². The van der Waals surface area contributed by atoms with E-state index in [0.29, 0.717) is 17.1 Å². The lowest BCUT2D eigenvalue weighted by molar-refractivity contribution is 0.0996. The van der Waals surface area contributed by atoms with Crippen LogP contribution in [0.4, 0.5) is 4.39 Å². The first-order chi connectivity index (χ1) is 9.61. The normalized spacial score (nSPS) is 10.1. The second-order valence-corrected chi connectivity index (χ2v) is 4.11. The van der Waals surface area contributed by atoms with Crippen molar-refractivity contribution in [1.82, 2.24) is 0 Å². The summed E-state index contributed by atoms with van der Waals surface area (Å²) in [4.78, 5) is 11.3. The highest BCUT2D eigenvalue weighted by atomic mass is 19.1. The molecule has 20 heavy (non-hydrogen) atoms. The summed E-state index contributed by atoms with van der Waals surface area (Å²) in [6, 6.07) is 10.8. The van der Waals surface area contributed by atoms with Gasteiger partial charge in [-0.2, -0.15) is 0 Å². The van der Waals surface area contributed by atoms with Gasteiger partial charge >= 0.3 is 0 Å². The molecule has 2 aromatic carbocycles. The van der Waals surface area contributed by atoms with Crippen LogP contribution >= 0.6 is 0 Å². The second kappa shape index (κ2) is 6.06. The van der Waals surface area contributed by atoms with Gasteiger partial charge in [-0.15, -0.1) is 0 Å². The molecule has 2 N–H and O–H groups in total. The highest BCUT2D eigenvalue weighted by Crippen LogP contribution is 2.23. The molecule has 0 aromatic heterocycles. The summed E-state index contributed by atoms with van der Waals surface area (Å²) in [7, 11) is 1.49. The molecule has 4 nitrogen and oxygen atoms in total. The zero-order valence-electron chi connectivity index (χ0n) is 10.9. The van der Waals surface area contributed by atoms with Gasteiger partial charge in [-0.25, -0.2) is 4.39 Å². The van der Waals surface area contributed by atoms with E-state index in [4.69, 9.17) is 15.2 Å². The minimum atomic E-state index is -0.577. The van der Waals surface area contributed by atoms with Crippen molar-refractivity contribution in [2.24, 2.45) is 5.73 Å². The number of amides is 1. The number of nitrogens with two attached hydrogens (primary N) is 1. The number of carbonyl (C=O) groups is 1. The molecule has 2 aromatic rings. The molecule has 1 amide bonds. The van der Waals surface area contributed by atoms with Crippen molar-refractivity contribution in [2.75, 3.05) is 7.11 Å². The maximum atomic E-state index is 13.2. The highest BCUT2D eigenvalue weighted by molar-refractivity contribution is 5.95. The number of halogens is 1. The lowest BCUT2D eigenvalue weighted by Gasteiger charge is -2.12. The average Bonchev–Trinajstić information content (AvgIpc) is 2.45. The molecule has 0 saturated carbocycles. The molecule has 0 spiro atoms. The number of methoxy groups -OCH3 is 1. The molecule has 0 fully saturated rings. The predicted molar refractivity (Wildman–Crippen MR) is 72.2 cm³/mol. The Hall–Kier alpha value is -2.56. The maximum Gasteiger partial charge on any atom is 0.252 e. The van der Waals surface area contributed by atoms with Crippen LogP contribution in [-0.4, -0.2) is 13.0 Å². The molecule has 0 unspecified atom stereocenters. The number of rotatable bonds is 5. The molecule has 0 aliphatic rings. The van der Waals surface area contributed by atoms with Gasteiger partial charge in [0, 0.05) is 5.56 Å². The number of ether oxygens (including phenoxy) is 2. The fourth-order valence-electron chi connectivity index (χ4n) is 1.81. The SMILES string of the molecule is COc1ccc(F)cc1COc1ccccc1C(N)=O. The Morgan fingerprint density at radius 2 is 1.95 bits per heavy atom. The number of benzene rings is 2. The molecule has 104 valence electrons. The highest BCUT2D eigenvalue weighted by Gasteiger charge is 2.10. The number of primary amides is 1. The van der Waals surface area contributed by atoms with E-state index in [2.05, 4.69) is 0 Å². The first-order valence-corrected chi connectivity index (χ1v) is 5.96. The molecular weight excluding hydrogens is 261 g/mol. The number of hydrogen-bond acceptors (Lipinski definition) is 3. The van der Waals surface area contributed by atoms with Crippen molar-refractivity contribution >= 4 is 5.91 Å². The molecule has 0 radical (unpaired) electrons. The third-order valence-corrected chi connectivity index (χ3v) is 2.78. The Bertz CT molecular complexity index is 628. The van der Waals surface area contributed by atoms with Crippen molar-refractivity contribution < 1.29 is 18.7 Å². The zero-order chi connectivity index (χ0) is 14.5. The Morgan fingerprint density at radius 1 is 1.20 bits per heavy atom. The molecule has 0 heterocycles. The standard InChI is InChI=1S/C15H14FNO3/c1-19-13-7-6-11(16)8-10(13)9-20-14-5-3-2-4-12(14)15(17)18/h2-8H,9H2,1H3,(H2,17,18). The van der Waals surface area contributed by atoms with Crippen molar-refractivity contribution in [3.8, 4) is 11.5 Å². The number of hydrogen-bond donors (Lipinski definition) is 1. The third-order valence-electron chi connectivity index (χ3n) is 2.78. The van der Waals surface area contributed by atoms with Gasteiger partial charge in [0.05, 0.1) is 12.7 Å². The van der Waals surface area contributed by atoms with Crippen LogP contribution in [0.2, 0.25) is 0 Å². The van der Waals surface area contributed by atoms with E-state index in [9.17, 15) is 9.18 Å². The van der Waals surface area contributed by atoms with Gasteiger partial charge in [0.1, 0.15) is 23.9 Å². The van der Waals surface area contributed by atoms with Gasteiger partial charge in [-0.3, -0.25) is 4.79 Å². The van der Waals surface area contributed by atoms with Gasteiger partial charge in [-0.1, -0.05) is 12.1 Å². The summed E-state index contributed by atoms with van der Waals surface area (Å²) in [6.45, 7) is 0.0746. The molecule has 0 aliphatic carbocycles. The fourth-order valence-corrected chi connectivity index (χ4v) is 1.81. The molecular formula is C15H14FNO3. The lowest BCUT2D eigenvalue weighted by atomic mass is 10.2. The summed E-state index contributed by atoms with van der Waals surface area (Å²) >= 11 is 0. The van der Waals surface area contributed by atoms with Crippen molar-refractivity contribution in [3.63, 3.8) is 0 Å². The first kappa shape index (κ1) is 13.9. The van der Waals surface area contributed by atoms with Gasteiger partial charge in [-0.05, 0) is 30.3 Å². The Kier molecular flexibility index (Phi) is 4.20. The topological polar surface area (TPSA) is 61.6 Å². The number of para-hydroxylation sites is 1. The van der Waals surface area contributed by atoms with Gasteiger partial charge in [0.25, 0.3) is 5.91 Å². The molecule has 0 aliphatic heterocycles. The summed E-state index contributed by atoms with van der Waals surface area (Å²) in [6.07, 6.45) is 0. The fraction of sp³-hybridized carbons (Fsp3) is 0.133. The average molecular weight is 275 g/mol. The lowest BCUT2D eigenvalue weighted by Crippen LogP contribution is -2.13. The second-order valence-electron chi connectivity index (χ2n) is 4.11. The van der Waals surface area contributed by atoms with E-state index >= 15 is 0 Å². The quantitative estimate of drug-likeness (QED) is 0.912. The molecule has 2 rings (SSSR count). The largest absolute Gasteiger partial charge is 0.496 e. The van der Waals surface area contributed by atoms with Crippen molar-refractivity contribution in [1.29, 1.82) is 0 Å². The Morgan fingerprint density at radius 3 is 2.65 bits per heavy atom.